The lowest BCUT2D eigenvalue weighted by molar-refractivity contribution is 0.0219. The quantitative estimate of drug-likeness (QED) is 0.626. The van der Waals surface area contributed by atoms with Crippen molar-refractivity contribution in [2.45, 2.75) is 19.6 Å². The van der Waals surface area contributed by atoms with Crippen molar-refractivity contribution in [1.29, 1.82) is 0 Å². The summed E-state index contributed by atoms with van der Waals surface area (Å²) in [5, 5.41) is 18.5. The van der Waals surface area contributed by atoms with Gasteiger partial charge in [-0.25, -0.2) is 4.79 Å². The van der Waals surface area contributed by atoms with Gasteiger partial charge in [0.2, 0.25) is 0 Å². The van der Waals surface area contributed by atoms with E-state index in [9.17, 15) is 19.8 Å². The Kier molecular flexibility index (Phi) is 3.38. The molecular formula is C11H16N2O5. The zero-order valence-corrected chi connectivity index (χ0v) is 10.0. The highest BCUT2D eigenvalue weighted by Gasteiger charge is 2.40. The molecule has 3 N–H and O–H groups in total. The average Bonchev–Trinajstić information content (AvgIpc) is 2.79. The monoisotopic (exact) mass is 256 g/mol. The molecule has 18 heavy (non-hydrogen) atoms. The van der Waals surface area contributed by atoms with Gasteiger partial charge in [-0.1, -0.05) is 0 Å². The van der Waals surface area contributed by atoms with Crippen molar-refractivity contribution in [1.82, 2.24) is 9.55 Å². The molecule has 1 saturated heterocycles. The van der Waals surface area contributed by atoms with Gasteiger partial charge < -0.3 is 14.9 Å². The standard InChI is InChI=1S/C11H16N2O5/c1-7-3-13(10(17)12-9(7)16)8-2-11(4-14,5-15)6-18-8/h3,8,14-15H,2,4-6H2,1H3,(H,12,16,17)/t8-/m0/s1. The molecule has 0 unspecified atom stereocenters. The Labute approximate surface area is 103 Å². The topological polar surface area (TPSA) is 105 Å². The second-order valence-electron chi connectivity index (χ2n) is 4.76. The second-order valence-corrected chi connectivity index (χ2v) is 4.76. The minimum atomic E-state index is -0.728. The molecule has 2 rings (SSSR count). The lowest BCUT2D eigenvalue weighted by atomic mass is 9.89. The van der Waals surface area contributed by atoms with Crippen LogP contribution in [0.1, 0.15) is 18.2 Å². The van der Waals surface area contributed by atoms with E-state index in [-0.39, 0.29) is 19.8 Å². The molecule has 1 fully saturated rings. The lowest BCUT2D eigenvalue weighted by Crippen LogP contribution is -2.34. The van der Waals surface area contributed by atoms with Crippen molar-refractivity contribution in [3.05, 3.63) is 32.6 Å². The van der Waals surface area contributed by atoms with Crippen LogP contribution in [0.25, 0.3) is 0 Å². The second kappa shape index (κ2) is 4.68. The van der Waals surface area contributed by atoms with Crippen molar-refractivity contribution in [3.63, 3.8) is 0 Å². The number of aliphatic hydroxyl groups is 2. The number of aliphatic hydroxyl groups excluding tert-OH is 2. The predicted molar refractivity (Wildman–Crippen MR) is 62.3 cm³/mol. The Hall–Kier alpha value is -1.44. The first-order valence-corrected chi connectivity index (χ1v) is 5.67. The van der Waals surface area contributed by atoms with Crippen LogP contribution in [0.5, 0.6) is 0 Å². The van der Waals surface area contributed by atoms with Crippen LogP contribution in [-0.2, 0) is 4.74 Å². The highest BCUT2D eigenvalue weighted by Crippen LogP contribution is 2.36. The Morgan fingerprint density at radius 1 is 1.50 bits per heavy atom. The molecule has 100 valence electrons. The smallest absolute Gasteiger partial charge is 0.330 e. The van der Waals surface area contributed by atoms with Crippen molar-refractivity contribution in [3.8, 4) is 0 Å². The summed E-state index contributed by atoms with van der Waals surface area (Å²) in [4.78, 5) is 25.1. The van der Waals surface area contributed by atoms with E-state index in [1.54, 1.807) is 6.92 Å². The Morgan fingerprint density at radius 2 is 2.17 bits per heavy atom. The summed E-state index contributed by atoms with van der Waals surface area (Å²) in [5.74, 6) is 0. The fourth-order valence-corrected chi connectivity index (χ4v) is 2.01. The maximum atomic E-state index is 11.7. The maximum Gasteiger partial charge on any atom is 0.330 e. The number of hydrogen-bond acceptors (Lipinski definition) is 5. The van der Waals surface area contributed by atoms with Gasteiger partial charge >= 0.3 is 5.69 Å². The summed E-state index contributed by atoms with van der Waals surface area (Å²) in [7, 11) is 0. The Balaban J connectivity index is 2.33. The molecule has 2 heterocycles. The van der Waals surface area contributed by atoms with Gasteiger partial charge in [0.05, 0.1) is 19.8 Å². The molecule has 1 aliphatic rings. The minimum absolute atomic E-state index is 0.176. The van der Waals surface area contributed by atoms with Gasteiger partial charge in [-0.2, -0.15) is 0 Å². The van der Waals surface area contributed by atoms with Crippen molar-refractivity contribution in [2.24, 2.45) is 5.41 Å². The lowest BCUT2D eigenvalue weighted by Gasteiger charge is -2.21. The van der Waals surface area contributed by atoms with Crippen LogP contribution in [0.3, 0.4) is 0 Å². The third-order valence-electron chi connectivity index (χ3n) is 3.32. The van der Waals surface area contributed by atoms with E-state index < -0.39 is 22.9 Å². The zero-order chi connectivity index (χ0) is 13.3. The number of aromatic amines is 1. The van der Waals surface area contributed by atoms with Crippen molar-refractivity contribution < 1.29 is 14.9 Å². The van der Waals surface area contributed by atoms with Crippen molar-refractivity contribution >= 4 is 0 Å². The molecule has 0 saturated carbocycles. The summed E-state index contributed by atoms with van der Waals surface area (Å²) in [6, 6.07) is 0. The van der Waals surface area contributed by atoms with E-state index >= 15 is 0 Å². The van der Waals surface area contributed by atoms with Crippen LogP contribution >= 0.6 is 0 Å². The number of aryl methyl sites for hydroxylation is 1. The highest BCUT2D eigenvalue weighted by molar-refractivity contribution is 5.02. The number of rotatable bonds is 3. The number of H-pyrrole nitrogens is 1. The van der Waals surface area contributed by atoms with Gasteiger partial charge in [-0.15, -0.1) is 0 Å². The third-order valence-corrected chi connectivity index (χ3v) is 3.32. The number of nitrogens with one attached hydrogen (secondary N) is 1. The van der Waals surface area contributed by atoms with Gasteiger partial charge in [-0.3, -0.25) is 14.3 Å². The molecule has 1 aromatic rings. The Bertz CT molecular complexity index is 543. The summed E-state index contributed by atoms with van der Waals surface area (Å²) in [5.41, 5.74) is -1.30. The van der Waals surface area contributed by atoms with E-state index in [4.69, 9.17) is 4.74 Å². The fraction of sp³-hybridized carbons (Fsp3) is 0.636. The third kappa shape index (κ3) is 2.12. The van der Waals surface area contributed by atoms with Crippen LogP contribution in [0, 0.1) is 12.3 Å². The minimum Gasteiger partial charge on any atom is -0.396 e. The molecule has 1 aromatic heterocycles. The normalized spacial score (nSPS) is 22.3. The number of nitrogens with zero attached hydrogens (tertiary/aromatic N) is 1. The number of hydrogen-bond donors (Lipinski definition) is 3. The molecular weight excluding hydrogens is 240 g/mol. The molecule has 0 radical (unpaired) electrons. The Morgan fingerprint density at radius 3 is 2.72 bits per heavy atom. The van der Waals surface area contributed by atoms with Gasteiger partial charge in [0, 0.05) is 23.6 Å². The first kappa shape index (κ1) is 13.0. The largest absolute Gasteiger partial charge is 0.396 e. The van der Waals surface area contributed by atoms with Crippen LogP contribution in [0.2, 0.25) is 0 Å². The highest BCUT2D eigenvalue weighted by atomic mass is 16.5. The van der Waals surface area contributed by atoms with Gasteiger partial charge in [0.1, 0.15) is 6.23 Å². The van der Waals surface area contributed by atoms with Gasteiger partial charge in [-0.05, 0) is 6.92 Å². The first-order valence-electron chi connectivity index (χ1n) is 5.67. The number of ether oxygens (including phenoxy) is 1. The van der Waals surface area contributed by atoms with Crippen LogP contribution in [0.4, 0.5) is 0 Å². The molecule has 1 aliphatic heterocycles. The summed E-state index contributed by atoms with van der Waals surface area (Å²) in [6.45, 7) is 1.35. The van der Waals surface area contributed by atoms with E-state index in [0.29, 0.717) is 12.0 Å². The fourth-order valence-electron chi connectivity index (χ4n) is 2.01. The van der Waals surface area contributed by atoms with Crippen LogP contribution in [-0.4, -0.2) is 39.6 Å². The van der Waals surface area contributed by atoms with E-state index in [2.05, 4.69) is 4.98 Å². The van der Waals surface area contributed by atoms with Crippen LogP contribution in [0.15, 0.2) is 15.8 Å². The average molecular weight is 256 g/mol. The van der Waals surface area contributed by atoms with E-state index in [1.807, 2.05) is 0 Å². The first-order chi connectivity index (χ1) is 8.51. The molecule has 0 bridgehead atoms. The maximum absolute atomic E-state index is 11.7. The molecule has 7 heteroatoms. The number of aromatic nitrogens is 2. The molecule has 0 aromatic carbocycles. The zero-order valence-electron chi connectivity index (χ0n) is 10.0. The molecule has 0 spiro atoms. The van der Waals surface area contributed by atoms with Crippen molar-refractivity contribution in [2.75, 3.05) is 19.8 Å². The molecule has 0 aliphatic carbocycles. The van der Waals surface area contributed by atoms with Crippen LogP contribution < -0.4 is 11.2 Å². The van der Waals surface area contributed by atoms with E-state index in [1.165, 1.54) is 10.8 Å². The van der Waals surface area contributed by atoms with Gasteiger partial charge in [0.25, 0.3) is 5.56 Å². The molecule has 7 nitrogen and oxygen atoms in total. The van der Waals surface area contributed by atoms with E-state index in [0.717, 1.165) is 0 Å². The SMILES string of the molecule is Cc1cn([C@@H]2CC(CO)(CO)CO2)c(=O)[nH]c1=O. The predicted octanol–water partition coefficient (Wildman–Crippen LogP) is -1.27. The summed E-state index contributed by atoms with van der Waals surface area (Å²) >= 11 is 0. The van der Waals surface area contributed by atoms with Gasteiger partial charge in [0.15, 0.2) is 0 Å². The summed E-state index contributed by atoms with van der Waals surface area (Å²) < 4.78 is 6.71. The molecule has 1 atom stereocenters. The molecule has 0 amide bonds. The summed E-state index contributed by atoms with van der Waals surface area (Å²) in [6.07, 6.45) is 1.18.